The van der Waals surface area contributed by atoms with Gasteiger partial charge in [0, 0.05) is 11.1 Å². The number of esters is 1. The number of benzene rings is 2. The Balaban J connectivity index is 1.57. The summed E-state index contributed by atoms with van der Waals surface area (Å²) in [7, 11) is 3.11. The molecule has 2 N–H and O–H groups in total. The van der Waals surface area contributed by atoms with Crippen LogP contribution in [0, 0.1) is 0 Å². The third-order valence-electron chi connectivity index (χ3n) is 4.48. The molecule has 0 unspecified atom stereocenters. The molecule has 30 heavy (non-hydrogen) atoms. The van der Waals surface area contributed by atoms with Crippen molar-refractivity contribution in [2.24, 2.45) is 0 Å². The summed E-state index contributed by atoms with van der Waals surface area (Å²) in [6.45, 7) is 1.38. The van der Waals surface area contributed by atoms with Crippen molar-refractivity contribution in [2.45, 2.75) is 13.0 Å². The van der Waals surface area contributed by atoms with E-state index in [-0.39, 0.29) is 11.7 Å². The summed E-state index contributed by atoms with van der Waals surface area (Å²) < 4.78 is 15.7. The summed E-state index contributed by atoms with van der Waals surface area (Å²) in [6, 6.07) is 15.9. The molecule has 1 amide bonds. The zero-order valence-electron chi connectivity index (χ0n) is 17.0. The standard InChI is InChI=1S/C22H23N3O5/c1-14(17-11-16(28-2)9-10-20(17)29-3)23-21(26)13-30-22(27)19-12-18(24-25-19)15-7-5-4-6-8-15/h4-12,14H,13H2,1-3H3,(H,23,26)(H,24,25)/t14-/m0/s1. The minimum absolute atomic E-state index is 0.171. The Morgan fingerprint density at radius 1 is 1.07 bits per heavy atom. The van der Waals surface area contributed by atoms with Gasteiger partial charge in [-0.25, -0.2) is 4.79 Å². The van der Waals surface area contributed by atoms with Crippen molar-refractivity contribution in [1.82, 2.24) is 15.5 Å². The van der Waals surface area contributed by atoms with E-state index in [1.807, 2.05) is 30.3 Å². The first-order valence-corrected chi connectivity index (χ1v) is 9.31. The Morgan fingerprint density at radius 2 is 1.83 bits per heavy atom. The molecule has 156 valence electrons. The normalized spacial score (nSPS) is 11.4. The number of hydrogen-bond acceptors (Lipinski definition) is 6. The minimum Gasteiger partial charge on any atom is -0.497 e. The molecular weight excluding hydrogens is 386 g/mol. The Bertz CT molecular complexity index is 1020. The second kappa shape index (κ2) is 9.60. The van der Waals surface area contributed by atoms with E-state index in [9.17, 15) is 9.59 Å². The minimum atomic E-state index is -0.661. The lowest BCUT2D eigenvalue weighted by Gasteiger charge is -2.18. The molecule has 2 aromatic carbocycles. The van der Waals surface area contributed by atoms with E-state index < -0.39 is 18.5 Å². The average Bonchev–Trinajstić information content (AvgIpc) is 3.28. The predicted molar refractivity (Wildman–Crippen MR) is 110 cm³/mol. The van der Waals surface area contributed by atoms with Crippen LogP contribution in [0.2, 0.25) is 0 Å². The molecule has 0 fully saturated rings. The highest BCUT2D eigenvalue weighted by Crippen LogP contribution is 2.29. The molecule has 1 heterocycles. The van der Waals surface area contributed by atoms with Crippen molar-refractivity contribution in [3.05, 3.63) is 65.9 Å². The maximum atomic E-state index is 12.3. The van der Waals surface area contributed by atoms with Crippen LogP contribution in [0.1, 0.15) is 29.0 Å². The molecule has 0 radical (unpaired) electrons. The fraction of sp³-hybridized carbons (Fsp3) is 0.227. The lowest BCUT2D eigenvalue weighted by molar-refractivity contribution is -0.124. The number of rotatable bonds is 8. The highest BCUT2D eigenvalue weighted by atomic mass is 16.5. The largest absolute Gasteiger partial charge is 0.497 e. The first-order chi connectivity index (χ1) is 14.5. The SMILES string of the molecule is COc1ccc(OC)c([C@H](C)NC(=O)COC(=O)c2cc(-c3ccccc3)n[nH]2)c1. The lowest BCUT2D eigenvalue weighted by atomic mass is 10.1. The van der Waals surface area contributed by atoms with Crippen molar-refractivity contribution in [3.8, 4) is 22.8 Å². The molecule has 8 nitrogen and oxygen atoms in total. The van der Waals surface area contributed by atoms with Crippen molar-refractivity contribution >= 4 is 11.9 Å². The van der Waals surface area contributed by atoms with Gasteiger partial charge < -0.3 is 19.5 Å². The summed E-state index contributed by atoms with van der Waals surface area (Å²) >= 11 is 0. The monoisotopic (exact) mass is 409 g/mol. The number of carbonyl (C=O) groups is 2. The Morgan fingerprint density at radius 3 is 2.53 bits per heavy atom. The number of aromatic nitrogens is 2. The molecular formula is C22H23N3O5. The maximum absolute atomic E-state index is 12.3. The van der Waals surface area contributed by atoms with Gasteiger partial charge in [-0.1, -0.05) is 30.3 Å². The van der Waals surface area contributed by atoms with Gasteiger partial charge in [-0.05, 0) is 31.2 Å². The topological polar surface area (TPSA) is 103 Å². The second-order valence-electron chi connectivity index (χ2n) is 6.51. The van der Waals surface area contributed by atoms with Crippen LogP contribution in [0.15, 0.2) is 54.6 Å². The number of ether oxygens (including phenoxy) is 3. The van der Waals surface area contributed by atoms with Gasteiger partial charge in [-0.15, -0.1) is 0 Å². The number of nitrogens with one attached hydrogen (secondary N) is 2. The number of carbonyl (C=O) groups excluding carboxylic acids is 2. The summed E-state index contributed by atoms with van der Waals surface area (Å²) in [5, 5.41) is 9.52. The number of amides is 1. The number of aromatic amines is 1. The molecule has 3 aromatic rings. The molecule has 0 aliphatic carbocycles. The number of H-pyrrole nitrogens is 1. The molecule has 0 spiro atoms. The molecule has 0 aliphatic heterocycles. The molecule has 0 saturated carbocycles. The first-order valence-electron chi connectivity index (χ1n) is 9.31. The van der Waals surface area contributed by atoms with E-state index in [0.29, 0.717) is 17.2 Å². The van der Waals surface area contributed by atoms with Crippen LogP contribution in [-0.2, 0) is 9.53 Å². The van der Waals surface area contributed by atoms with Crippen LogP contribution in [0.3, 0.4) is 0 Å². The lowest BCUT2D eigenvalue weighted by Crippen LogP contribution is -2.31. The van der Waals surface area contributed by atoms with Crippen LogP contribution >= 0.6 is 0 Å². The van der Waals surface area contributed by atoms with Crippen LogP contribution in [0.4, 0.5) is 0 Å². The van der Waals surface area contributed by atoms with E-state index in [2.05, 4.69) is 15.5 Å². The van der Waals surface area contributed by atoms with Crippen LogP contribution in [0.25, 0.3) is 11.3 Å². The van der Waals surface area contributed by atoms with Crippen molar-refractivity contribution in [1.29, 1.82) is 0 Å². The molecule has 8 heteroatoms. The van der Waals surface area contributed by atoms with Crippen molar-refractivity contribution < 1.29 is 23.8 Å². The summed E-state index contributed by atoms with van der Waals surface area (Å²) in [5.41, 5.74) is 2.40. The summed E-state index contributed by atoms with van der Waals surface area (Å²) in [6.07, 6.45) is 0. The second-order valence-corrected chi connectivity index (χ2v) is 6.51. The number of methoxy groups -OCH3 is 2. The number of nitrogens with zero attached hydrogens (tertiary/aromatic N) is 1. The molecule has 1 aromatic heterocycles. The first kappa shape index (κ1) is 20.9. The van der Waals surface area contributed by atoms with Crippen molar-refractivity contribution in [3.63, 3.8) is 0 Å². The molecule has 0 aliphatic rings. The Labute approximate surface area is 174 Å². The van der Waals surface area contributed by atoms with Gasteiger partial charge >= 0.3 is 5.97 Å². The van der Waals surface area contributed by atoms with E-state index >= 15 is 0 Å². The van der Waals surface area contributed by atoms with E-state index in [0.717, 1.165) is 11.1 Å². The van der Waals surface area contributed by atoms with Crippen LogP contribution in [0.5, 0.6) is 11.5 Å². The third kappa shape index (κ3) is 4.96. The van der Waals surface area contributed by atoms with Crippen LogP contribution < -0.4 is 14.8 Å². The maximum Gasteiger partial charge on any atom is 0.356 e. The zero-order chi connectivity index (χ0) is 21.5. The molecule has 0 saturated heterocycles. The van der Waals surface area contributed by atoms with E-state index in [1.54, 1.807) is 45.4 Å². The molecule has 3 rings (SSSR count). The third-order valence-corrected chi connectivity index (χ3v) is 4.48. The highest BCUT2D eigenvalue weighted by Gasteiger charge is 2.18. The fourth-order valence-electron chi connectivity index (χ4n) is 2.93. The Hall–Kier alpha value is -3.81. The fourth-order valence-corrected chi connectivity index (χ4v) is 2.93. The van der Waals surface area contributed by atoms with Crippen LogP contribution in [-0.4, -0.2) is 42.9 Å². The van der Waals surface area contributed by atoms with Gasteiger partial charge in [-0.3, -0.25) is 9.89 Å². The predicted octanol–water partition coefficient (Wildman–Crippen LogP) is 3.13. The van der Waals surface area contributed by atoms with E-state index in [4.69, 9.17) is 14.2 Å². The Kier molecular flexibility index (Phi) is 6.69. The molecule has 1 atom stereocenters. The highest BCUT2D eigenvalue weighted by molar-refractivity contribution is 5.90. The van der Waals surface area contributed by atoms with Gasteiger partial charge in [0.15, 0.2) is 6.61 Å². The van der Waals surface area contributed by atoms with Crippen molar-refractivity contribution in [2.75, 3.05) is 20.8 Å². The number of hydrogen-bond donors (Lipinski definition) is 2. The van der Waals surface area contributed by atoms with Gasteiger partial charge in [0.05, 0.1) is 26.0 Å². The molecule has 0 bridgehead atoms. The summed E-state index contributed by atoms with van der Waals surface area (Å²) in [4.78, 5) is 24.5. The van der Waals surface area contributed by atoms with Gasteiger partial charge in [-0.2, -0.15) is 5.10 Å². The van der Waals surface area contributed by atoms with Gasteiger partial charge in [0.2, 0.25) is 0 Å². The quantitative estimate of drug-likeness (QED) is 0.554. The van der Waals surface area contributed by atoms with E-state index in [1.165, 1.54) is 0 Å². The van der Waals surface area contributed by atoms with Gasteiger partial charge in [0.1, 0.15) is 17.2 Å². The smallest absolute Gasteiger partial charge is 0.356 e. The summed E-state index contributed by atoms with van der Waals surface area (Å²) in [5.74, 6) is 0.160. The average molecular weight is 409 g/mol. The van der Waals surface area contributed by atoms with Gasteiger partial charge in [0.25, 0.3) is 5.91 Å². The zero-order valence-corrected chi connectivity index (χ0v) is 17.0.